The molecule has 3 aromatic rings. The Labute approximate surface area is 162 Å². The average molecular weight is 392 g/mol. The van der Waals surface area contributed by atoms with E-state index >= 15 is 0 Å². The molecule has 1 aliphatic rings. The molecule has 0 saturated heterocycles. The molecule has 0 atom stereocenters. The van der Waals surface area contributed by atoms with Crippen LogP contribution in [0.15, 0.2) is 33.3 Å². The molecule has 0 bridgehead atoms. The fourth-order valence-electron chi connectivity index (χ4n) is 2.89. The standard InChI is InChI=1S/C18H21N5O3.ClH/c1-2-24-13-6-4-12(5-7-13)16-20-14(25-22-16)8-9-15-21-17(23-26-15)18(19)10-3-11-18;/h4-7H,2-3,8-11,19H2,1H3;1H. The molecule has 0 spiro atoms. The van der Waals surface area contributed by atoms with Gasteiger partial charge in [0.2, 0.25) is 17.6 Å². The number of halogens is 1. The molecule has 9 heteroatoms. The largest absolute Gasteiger partial charge is 0.494 e. The first-order valence-corrected chi connectivity index (χ1v) is 8.84. The van der Waals surface area contributed by atoms with E-state index in [0.29, 0.717) is 42.9 Å². The van der Waals surface area contributed by atoms with Crippen molar-refractivity contribution in [2.24, 2.45) is 5.73 Å². The molecule has 0 unspecified atom stereocenters. The quantitative estimate of drug-likeness (QED) is 0.653. The molecule has 8 nitrogen and oxygen atoms in total. The Morgan fingerprint density at radius 3 is 2.33 bits per heavy atom. The number of rotatable bonds is 7. The minimum absolute atomic E-state index is 0. The van der Waals surface area contributed by atoms with Crippen molar-refractivity contribution in [1.82, 2.24) is 20.3 Å². The van der Waals surface area contributed by atoms with Gasteiger partial charge in [-0.15, -0.1) is 12.4 Å². The predicted octanol–water partition coefficient (Wildman–Crippen LogP) is 3.06. The second kappa shape index (κ2) is 8.06. The van der Waals surface area contributed by atoms with Crippen LogP contribution in [-0.2, 0) is 18.4 Å². The highest BCUT2D eigenvalue weighted by Crippen LogP contribution is 2.36. The molecule has 0 radical (unpaired) electrons. The topological polar surface area (TPSA) is 113 Å². The molecule has 1 aliphatic carbocycles. The van der Waals surface area contributed by atoms with E-state index in [1.165, 1.54) is 0 Å². The van der Waals surface area contributed by atoms with Gasteiger partial charge in [-0.05, 0) is 50.5 Å². The van der Waals surface area contributed by atoms with Crippen molar-refractivity contribution in [1.29, 1.82) is 0 Å². The average Bonchev–Trinajstić information content (AvgIpc) is 3.28. The number of hydrogen-bond donors (Lipinski definition) is 1. The fourth-order valence-corrected chi connectivity index (χ4v) is 2.89. The summed E-state index contributed by atoms with van der Waals surface area (Å²) in [5.41, 5.74) is 6.67. The van der Waals surface area contributed by atoms with Gasteiger partial charge in [0.05, 0.1) is 12.1 Å². The Balaban J connectivity index is 0.00000210. The van der Waals surface area contributed by atoms with Crippen LogP contribution in [0.2, 0.25) is 0 Å². The lowest BCUT2D eigenvalue weighted by atomic mass is 9.77. The third-order valence-electron chi connectivity index (χ3n) is 4.60. The molecule has 1 saturated carbocycles. The summed E-state index contributed by atoms with van der Waals surface area (Å²) in [7, 11) is 0. The third kappa shape index (κ3) is 4.12. The second-order valence-electron chi connectivity index (χ2n) is 6.49. The van der Waals surface area contributed by atoms with E-state index in [9.17, 15) is 0 Å². The Bertz CT molecular complexity index is 873. The van der Waals surface area contributed by atoms with Gasteiger partial charge in [0.1, 0.15) is 5.75 Å². The van der Waals surface area contributed by atoms with Gasteiger partial charge in [-0.25, -0.2) is 0 Å². The molecule has 1 aromatic carbocycles. The number of aryl methyl sites for hydroxylation is 2. The minimum atomic E-state index is -0.410. The van der Waals surface area contributed by atoms with Gasteiger partial charge in [0.25, 0.3) is 0 Å². The fraction of sp³-hybridized carbons (Fsp3) is 0.444. The number of benzene rings is 1. The maximum atomic E-state index is 6.21. The van der Waals surface area contributed by atoms with Crippen LogP contribution < -0.4 is 10.5 Å². The number of hydrogen-bond acceptors (Lipinski definition) is 8. The summed E-state index contributed by atoms with van der Waals surface area (Å²) in [6.45, 7) is 2.58. The summed E-state index contributed by atoms with van der Waals surface area (Å²) in [6, 6.07) is 7.59. The molecule has 144 valence electrons. The lowest BCUT2D eigenvalue weighted by molar-refractivity contribution is 0.229. The van der Waals surface area contributed by atoms with Crippen molar-refractivity contribution in [3.63, 3.8) is 0 Å². The zero-order valence-corrected chi connectivity index (χ0v) is 15.9. The Morgan fingerprint density at radius 2 is 1.70 bits per heavy atom. The van der Waals surface area contributed by atoms with Crippen LogP contribution in [0.5, 0.6) is 5.75 Å². The molecule has 2 heterocycles. The van der Waals surface area contributed by atoms with E-state index in [-0.39, 0.29) is 12.4 Å². The van der Waals surface area contributed by atoms with Crippen LogP contribution in [0, 0.1) is 0 Å². The van der Waals surface area contributed by atoms with Crippen LogP contribution in [0.25, 0.3) is 11.4 Å². The van der Waals surface area contributed by atoms with Gasteiger partial charge in [-0.3, -0.25) is 0 Å². The summed E-state index contributed by atoms with van der Waals surface area (Å²) in [5, 5.41) is 8.04. The van der Waals surface area contributed by atoms with Gasteiger partial charge in [0.15, 0.2) is 5.82 Å². The van der Waals surface area contributed by atoms with E-state index in [4.69, 9.17) is 19.5 Å². The highest BCUT2D eigenvalue weighted by molar-refractivity contribution is 5.85. The van der Waals surface area contributed by atoms with Crippen molar-refractivity contribution in [3.05, 3.63) is 41.9 Å². The van der Waals surface area contributed by atoms with Gasteiger partial charge < -0.3 is 19.5 Å². The maximum absolute atomic E-state index is 6.21. The van der Waals surface area contributed by atoms with E-state index < -0.39 is 5.54 Å². The first-order chi connectivity index (χ1) is 12.7. The second-order valence-corrected chi connectivity index (χ2v) is 6.49. The summed E-state index contributed by atoms with van der Waals surface area (Å²) in [5.74, 6) is 3.03. The number of aromatic nitrogens is 4. The van der Waals surface area contributed by atoms with E-state index in [0.717, 1.165) is 30.6 Å². The number of ether oxygens (including phenoxy) is 1. The third-order valence-corrected chi connectivity index (χ3v) is 4.60. The highest BCUT2D eigenvalue weighted by atomic mass is 35.5. The molecular weight excluding hydrogens is 370 g/mol. The van der Waals surface area contributed by atoms with Crippen LogP contribution in [0.1, 0.15) is 43.8 Å². The van der Waals surface area contributed by atoms with Gasteiger partial charge in [0, 0.05) is 18.4 Å². The monoisotopic (exact) mass is 391 g/mol. The van der Waals surface area contributed by atoms with E-state index in [1.54, 1.807) is 0 Å². The molecular formula is C18H22ClN5O3. The van der Waals surface area contributed by atoms with Crippen LogP contribution >= 0.6 is 12.4 Å². The van der Waals surface area contributed by atoms with Crippen molar-refractivity contribution >= 4 is 12.4 Å². The zero-order chi connectivity index (χ0) is 18.0. The first kappa shape index (κ1) is 19.3. The lowest BCUT2D eigenvalue weighted by Crippen LogP contribution is -2.44. The van der Waals surface area contributed by atoms with E-state index in [2.05, 4.69) is 20.3 Å². The smallest absolute Gasteiger partial charge is 0.227 e. The highest BCUT2D eigenvalue weighted by Gasteiger charge is 2.38. The summed E-state index contributed by atoms with van der Waals surface area (Å²) in [6.07, 6.45) is 3.98. The number of nitrogens with zero attached hydrogens (tertiary/aromatic N) is 4. The Kier molecular flexibility index (Phi) is 5.76. The SMILES string of the molecule is CCOc1ccc(-c2noc(CCc3nc(C4(N)CCC4)no3)n2)cc1.Cl. The van der Waals surface area contributed by atoms with Crippen LogP contribution in [-0.4, -0.2) is 26.9 Å². The first-order valence-electron chi connectivity index (χ1n) is 8.84. The Hall–Kier alpha value is -2.45. The van der Waals surface area contributed by atoms with Crippen molar-refractivity contribution in [2.45, 2.75) is 44.6 Å². The van der Waals surface area contributed by atoms with Gasteiger partial charge >= 0.3 is 0 Å². The van der Waals surface area contributed by atoms with Crippen molar-refractivity contribution < 1.29 is 13.8 Å². The summed E-state index contributed by atoms with van der Waals surface area (Å²) < 4.78 is 16.0. The van der Waals surface area contributed by atoms with Crippen LogP contribution in [0.3, 0.4) is 0 Å². The van der Waals surface area contributed by atoms with Crippen LogP contribution in [0.4, 0.5) is 0 Å². The Morgan fingerprint density at radius 1 is 1.04 bits per heavy atom. The zero-order valence-electron chi connectivity index (χ0n) is 15.1. The minimum Gasteiger partial charge on any atom is -0.494 e. The summed E-state index contributed by atoms with van der Waals surface area (Å²) >= 11 is 0. The maximum Gasteiger partial charge on any atom is 0.227 e. The normalized spacial score (nSPS) is 15.0. The van der Waals surface area contributed by atoms with E-state index in [1.807, 2.05) is 31.2 Å². The summed E-state index contributed by atoms with van der Waals surface area (Å²) in [4.78, 5) is 8.83. The predicted molar refractivity (Wildman–Crippen MR) is 99.6 cm³/mol. The molecule has 27 heavy (non-hydrogen) atoms. The number of nitrogens with two attached hydrogens (primary N) is 1. The molecule has 0 aliphatic heterocycles. The molecule has 1 fully saturated rings. The van der Waals surface area contributed by atoms with Crippen molar-refractivity contribution in [3.8, 4) is 17.1 Å². The molecule has 0 amide bonds. The molecule has 4 rings (SSSR count). The molecule has 2 aromatic heterocycles. The van der Waals surface area contributed by atoms with Gasteiger partial charge in [-0.2, -0.15) is 9.97 Å². The molecule has 2 N–H and O–H groups in total. The van der Waals surface area contributed by atoms with Crippen molar-refractivity contribution in [2.75, 3.05) is 6.61 Å². The lowest BCUT2D eigenvalue weighted by Gasteiger charge is -2.34. The van der Waals surface area contributed by atoms with Gasteiger partial charge in [-0.1, -0.05) is 10.3 Å².